The number of halogens is 1. The Labute approximate surface area is 88.1 Å². The number of carbonyl (C=O) groups is 1. The van der Waals surface area contributed by atoms with Gasteiger partial charge in [-0.25, -0.2) is 4.79 Å². The van der Waals surface area contributed by atoms with Gasteiger partial charge < -0.3 is 14.4 Å². The Morgan fingerprint density at radius 1 is 1.71 bits per heavy atom. The molecule has 76 valence electrons. The number of ether oxygens (including phenoxy) is 1. The van der Waals surface area contributed by atoms with Gasteiger partial charge in [-0.05, 0) is 15.9 Å². The van der Waals surface area contributed by atoms with Crippen molar-refractivity contribution >= 4 is 21.9 Å². The highest BCUT2D eigenvalue weighted by molar-refractivity contribution is 9.10. The van der Waals surface area contributed by atoms with Crippen LogP contribution in [-0.4, -0.2) is 22.2 Å². The van der Waals surface area contributed by atoms with Crippen LogP contribution in [0.15, 0.2) is 21.5 Å². The van der Waals surface area contributed by atoms with Crippen LogP contribution in [0.4, 0.5) is 0 Å². The molecule has 0 bridgehead atoms. The molecule has 1 aromatic rings. The summed E-state index contributed by atoms with van der Waals surface area (Å²) in [5.41, 5.74) is -0.256. The second-order valence-electron chi connectivity index (χ2n) is 2.62. The van der Waals surface area contributed by atoms with Crippen molar-refractivity contribution in [3.8, 4) is 5.75 Å². The first kappa shape index (κ1) is 10.8. The van der Waals surface area contributed by atoms with Crippen LogP contribution in [-0.2, 0) is 11.8 Å². The van der Waals surface area contributed by atoms with Crippen LogP contribution in [0.2, 0.25) is 0 Å². The summed E-state index contributed by atoms with van der Waals surface area (Å²) >= 11 is 3.15. The maximum atomic E-state index is 11.2. The number of hydrogen-bond donors (Lipinski definition) is 1. The van der Waals surface area contributed by atoms with Crippen molar-refractivity contribution in [1.82, 2.24) is 4.57 Å². The summed E-state index contributed by atoms with van der Waals surface area (Å²) in [6, 6.07) is 1.23. The smallest absolute Gasteiger partial charge is 0.341 e. The van der Waals surface area contributed by atoms with Crippen LogP contribution in [0, 0.1) is 0 Å². The van der Waals surface area contributed by atoms with Crippen LogP contribution in [0.5, 0.6) is 5.75 Å². The Bertz CT molecular complexity index is 412. The lowest BCUT2D eigenvalue weighted by Crippen LogP contribution is -2.17. The van der Waals surface area contributed by atoms with Crippen LogP contribution < -0.4 is 10.3 Å². The van der Waals surface area contributed by atoms with Crippen molar-refractivity contribution in [1.29, 1.82) is 0 Å². The normalized spacial score (nSPS) is 9.86. The zero-order chi connectivity index (χ0) is 10.7. The van der Waals surface area contributed by atoms with Gasteiger partial charge in [0.1, 0.15) is 5.75 Å². The number of rotatable bonds is 3. The number of nitrogens with zero attached hydrogens (tertiary/aromatic N) is 1. The first-order valence-corrected chi connectivity index (χ1v) is 4.51. The SMILES string of the molecule is Cn1cc(Br)c(OCC(=O)O)cc1=O. The van der Waals surface area contributed by atoms with Gasteiger partial charge in [0.15, 0.2) is 6.61 Å². The topological polar surface area (TPSA) is 68.5 Å². The highest BCUT2D eigenvalue weighted by Crippen LogP contribution is 2.21. The van der Waals surface area contributed by atoms with Gasteiger partial charge in [0.2, 0.25) is 0 Å². The van der Waals surface area contributed by atoms with Crippen LogP contribution in [0.3, 0.4) is 0 Å². The molecule has 1 heterocycles. The van der Waals surface area contributed by atoms with Gasteiger partial charge in [-0.1, -0.05) is 0 Å². The number of aryl methyl sites for hydroxylation is 1. The molecular formula is C8H8BrNO4. The maximum Gasteiger partial charge on any atom is 0.341 e. The van der Waals surface area contributed by atoms with Crippen molar-refractivity contribution in [3.05, 3.63) is 27.1 Å². The van der Waals surface area contributed by atoms with E-state index in [4.69, 9.17) is 9.84 Å². The Hall–Kier alpha value is -1.30. The molecule has 0 amide bonds. The molecule has 0 fully saturated rings. The van der Waals surface area contributed by atoms with E-state index in [1.54, 1.807) is 7.05 Å². The van der Waals surface area contributed by atoms with Crippen LogP contribution >= 0.6 is 15.9 Å². The number of hydrogen-bond acceptors (Lipinski definition) is 3. The van der Waals surface area contributed by atoms with Gasteiger partial charge in [-0.2, -0.15) is 0 Å². The van der Waals surface area contributed by atoms with Crippen LogP contribution in [0.25, 0.3) is 0 Å². The Morgan fingerprint density at radius 2 is 2.36 bits per heavy atom. The lowest BCUT2D eigenvalue weighted by atomic mass is 10.4. The fourth-order valence-corrected chi connectivity index (χ4v) is 1.37. The lowest BCUT2D eigenvalue weighted by molar-refractivity contribution is -0.139. The second-order valence-corrected chi connectivity index (χ2v) is 3.47. The highest BCUT2D eigenvalue weighted by atomic mass is 79.9. The van der Waals surface area contributed by atoms with E-state index in [9.17, 15) is 9.59 Å². The molecule has 0 unspecified atom stereocenters. The molecule has 0 spiro atoms. The van der Waals surface area contributed by atoms with Crippen LogP contribution in [0.1, 0.15) is 0 Å². The molecule has 0 aliphatic rings. The summed E-state index contributed by atoms with van der Waals surface area (Å²) in [5, 5.41) is 8.37. The summed E-state index contributed by atoms with van der Waals surface area (Å²) in [7, 11) is 1.59. The largest absolute Gasteiger partial charge is 0.480 e. The van der Waals surface area contributed by atoms with Crippen molar-refractivity contribution in [2.24, 2.45) is 7.05 Å². The third kappa shape index (κ3) is 2.59. The van der Waals surface area contributed by atoms with Crippen molar-refractivity contribution in [2.75, 3.05) is 6.61 Å². The maximum absolute atomic E-state index is 11.2. The number of carboxylic acids is 1. The van der Waals surface area contributed by atoms with Crippen molar-refractivity contribution < 1.29 is 14.6 Å². The molecule has 0 saturated heterocycles. The van der Waals surface area contributed by atoms with E-state index < -0.39 is 12.6 Å². The van der Waals surface area contributed by atoms with E-state index in [0.29, 0.717) is 4.47 Å². The molecule has 0 atom stereocenters. The minimum Gasteiger partial charge on any atom is -0.480 e. The Kier molecular flexibility index (Phi) is 3.29. The molecule has 0 aliphatic carbocycles. The lowest BCUT2D eigenvalue weighted by Gasteiger charge is -2.06. The average Bonchev–Trinajstić information content (AvgIpc) is 2.09. The van der Waals surface area contributed by atoms with Gasteiger partial charge in [0.05, 0.1) is 4.47 Å². The van der Waals surface area contributed by atoms with E-state index in [1.807, 2.05) is 0 Å². The molecule has 14 heavy (non-hydrogen) atoms. The molecule has 0 saturated carbocycles. The van der Waals surface area contributed by atoms with E-state index in [0.717, 1.165) is 0 Å². The second kappa shape index (κ2) is 4.28. The molecule has 1 aromatic heterocycles. The molecule has 1 rings (SSSR count). The van der Waals surface area contributed by atoms with Crippen molar-refractivity contribution in [3.63, 3.8) is 0 Å². The van der Waals surface area contributed by atoms with E-state index in [1.165, 1.54) is 16.8 Å². The van der Waals surface area contributed by atoms with Gasteiger partial charge in [-0.15, -0.1) is 0 Å². The minimum atomic E-state index is -1.09. The van der Waals surface area contributed by atoms with Gasteiger partial charge in [0.25, 0.3) is 5.56 Å². The number of aliphatic carboxylic acids is 1. The standard InChI is InChI=1S/C8H8BrNO4/c1-10-3-5(9)6(2-7(10)11)14-4-8(12)13/h2-3H,4H2,1H3,(H,12,13). The first-order valence-electron chi connectivity index (χ1n) is 3.71. The molecule has 0 aliphatic heterocycles. The van der Waals surface area contributed by atoms with Crippen molar-refractivity contribution in [2.45, 2.75) is 0 Å². The quantitative estimate of drug-likeness (QED) is 0.866. The average molecular weight is 262 g/mol. The van der Waals surface area contributed by atoms with Gasteiger partial charge >= 0.3 is 5.97 Å². The summed E-state index contributed by atoms with van der Waals surface area (Å²) in [6.45, 7) is -0.467. The van der Waals surface area contributed by atoms with E-state index in [-0.39, 0.29) is 11.3 Å². The van der Waals surface area contributed by atoms with E-state index >= 15 is 0 Å². The zero-order valence-corrected chi connectivity index (χ0v) is 8.94. The zero-order valence-electron chi connectivity index (χ0n) is 7.36. The monoisotopic (exact) mass is 261 g/mol. The fraction of sp³-hybridized carbons (Fsp3) is 0.250. The van der Waals surface area contributed by atoms with Gasteiger partial charge in [0, 0.05) is 19.3 Å². The molecule has 0 aromatic carbocycles. The molecular weight excluding hydrogens is 254 g/mol. The van der Waals surface area contributed by atoms with E-state index in [2.05, 4.69) is 15.9 Å². The molecule has 5 nitrogen and oxygen atoms in total. The number of aromatic nitrogens is 1. The summed E-state index contributed by atoms with van der Waals surface area (Å²) < 4.78 is 6.78. The Balaban J connectivity index is 2.93. The third-order valence-electron chi connectivity index (χ3n) is 1.50. The molecule has 0 radical (unpaired) electrons. The molecule has 1 N–H and O–H groups in total. The number of pyridine rings is 1. The Morgan fingerprint density at radius 3 is 2.93 bits per heavy atom. The third-order valence-corrected chi connectivity index (χ3v) is 2.09. The summed E-state index contributed by atoms with van der Waals surface area (Å²) in [6.07, 6.45) is 1.51. The van der Waals surface area contributed by atoms with Gasteiger partial charge in [-0.3, -0.25) is 4.79 Å². The fourth-order valence-electron chi connectivity index (χ4n) is 0.830. The molecule has 6 heteroatoms. The highest BCUT2D eigenvalue weighted by Gasteiger charge is 2.05. The number of carboxylic acid groups (broad SMARTS) is 1. The predicted molar refractivity (Wildman–Crippen MR) is 52.5 cm³/mol. The first-order chi connectivity index (χ1) is 6.50. The summed E-state index contributed by atoms with van der Waals surface area (Å²) in [4.78, 5) is 21.4. The predicted octanol–water partition coefficient (Wildman–Crippen LogP) is 0.611. The minimum absolute atomic E-state index is 0.232. The summed E-state index contributed by atoms with van der Waals surface area (Å²) in [5.74, 6) is -0.854.